The molecule has 7 heteroatoms. The van der Waals surface area contributed by atoms with Crippen LogP contribution < -0.4 is 10.6 Å². The molecule has 0 aliphatic carbocycles. The van der Waals surface area contributed by atoms with Gasteiger partial charge in [0.2, 0.25) is 0 Å². The molecule has 0 unspecified atom stereocenters. The number of aliphatic carboxylic acids is 1. The Bertz CT molecular complexity index is 696. The molecule has 6 nitrogen and oxygen atoms in total. The number of carbonyl (C=O) groups is 2. The van der Waals surface area contributed by atoms with E-state index in [4.69, 9.17) is 26.7 Å². The molecule has 0 atom stereocenters. The van der Waals surface area contributed by atoms with E-state index in [2.05, 4.69) is 5.90 Å². The van der Waals surface area contributed by atoms with Gasteiger partial charge in [0, 0.05) is 16.1 Å². The summed E-state index contributed by atoms with van der Waals surface area (Å²) in [6, 6.07) is 13.0. The van der Waals surface area contributed by atoms with Crippen molar-refractivity contribution in [2.45, 2.75) is 19.4 Å². The number of hydrogen-bond acceptors (Lipinski definition) is 5. The molecule has 0 radical (unpaired) electrons. The molecule has 0 saturated carbocycles. The number of ether oxygens (including phenoxy) is 1. The van der Waals surface area contributed by atoms with Crippen molar-refractivity contribution in [2.75, 3.05) is 0 Å². The number of hydrogen-bond donors (Lipinski definition) is 3. The molecule has 0 aliphatic heterocycles. The third kappa shape index (κ3) is 5.06. The summed E-state index contributed by atoms with van der Waals surface area (Å²) in [4.78, 5) is 23.3. The van der Waals surface area contributed by atoms with Crippen molar-refractivity contribution in [3.8, 4) is 5.75 Å². The first-order valence-electron chi connectivity index (χ1n) is 6.88. The lowest BCUT2D eigenvalue weighted by Gasteiger charge is -2.21. The number of rotatable bonds is 5. The van der Waals surface area contributed by atoms with Crippen LogP contribution in [0.1, 0.15) is 29.8 Å². The predicted molar refractivity (Wildman–Crippen MR) is 89.6 cm³/mol. The molecule has 0 amide bonds. The Hall–Kier alpha value is -2.41. The Kier molecular flexibility index (Phi) is 6.91. The third-order valence-electron chi connectivity index (χ3n) is 3.11. The minimum Gasteiger partial charge on any atom is -0.478 e. The first-order chi connectivity index (χ1) is 11.3. The van der Waals surface area contributed by atoms with Crippen molar-refractivity contribution in [1.29, 1.82) is 0 Å². The molecule has 2 aromatic carbocycles. The molecule has 2 aromatic rings. The Balaban J connectivity index is 0.00000139. The normalized spacial score (nSPS) is 10.4. The minimum absolute atomic E-state index is 0.138. The number of benzene rings is 2. The topological polar surface area (TPSA) is 110 Å². The molecule has 0 fully saturated rings. The van der Waals surface area contributed by atoms with Crippen LogP contribution in [-0.4, -0.2) is 27.7 Å². The Morgan fingerprint density at radius 3 is 1.79 bits per heavy atom. The molecule has 0 bridgehead atoms. The van der Waals surface area contributed by atoms with Crippen LogP contribution in [0.25, 0.3) is 0 Å². The van der Waals surface area contributed by atoms with E-state index < -0.39 is 11.6 Å². The number of nitrogens with two attached hydrogens (primary N) is 1. The molecule has 0 saturated heterocycles. The van der Waals surface area contributed by atoms with E-state index in [1.54, 1.807) is 48.5 Å². The van der Waals surface area contributed by atoms with Crippen LogP contribution >= 0.6 is 11.6 Å². The van der Waals surface area contributed by atoms with E-state index >= 15 is 0 Å². The molecular formula is C17H18ClNO5. The van der Waals surface area contributed by atoms with Gasteiger partial charge >= 0.3 is 5.97 Å². The van der Waals surface area contributed by atoms with Crippen LogP contribution in [0.5, 0.6) is 5.75 Å². The number of carboxylic acid groups (broad SMARTS) is 1. The quantitative estimate of drug-likeness (QED) is 0.564. The summed E-state index contributed by atoms with van der Waals surface area (Å²) < 4.78 is 5.39. The molecule has 24 heavy (non-hydrogen) atoms. The van der Waals surface area contributed by atoms with Crippen LogP contribution in [-0.2, 0) is 4.79 Å². The van der Waals surface area contributed by atoms with Crippen molar-refractivity contribution < 1.29 is 24.6 Å². The van der Waals surface area contributed by atoms with E-state index in [0.29, 0.717) is 21.9 Å². The number of halogens is 1. The second-order valence-corrected chi connectivity index (χ2v) is 5.71. The maximum absolute atomic E-state index is 12.3. The molecule has 0 aromatic heterocycles. The highest BCUT2D eigenvalue weighted by molar-refractivity contribution is 6.30. The average molecular weight is 352 g/mol. The van der Waals surface area contributed by atoms with Crippen molar-refractivity contribution in [2.24, 2.45) is 5.90 Å². The van der Waals surface area contributed by atoms with Gasteiger partial charge in [-0.05, 0) is 62.4 Å². The second kappa shape index (κ2) is 8.44. The van der Waals surface area contributed by atoms with Crippen LogP contribution in [0, 0.1) is 0 Å². The zero-order valence-electron chi connectivity index (χ0n) is 13.2. The van der Waals surface area contributed by atoms with Crippen molar-refractivity contribution in [3.05, 3.63) is 64.7 Å². The summed E-state index contributed by atoms with van der Waals surface area (Å²) in [7, 11) is 0. The first-order valence-corrected chi connectivity index (χ1v) is 7.26. The van der Waals surface area contributed by atoms with Crippen LogP contribution in [0.2, 0.25) is 5.02 Å². The Morgan fingerprint density at radius 1 is 0.958 bits per heavy atom. The molecule has 0 heterocycles. The average Bonchev–Trinajstić information content (AvgIpc) is 2.57. The Morgan fingerprint density at radius 2 is 1.38 bits per heavy atom. The minimum atomic E-state index is -1.33. The zero-order chi connectivity index (χ0) is 18.3. The van der Waals surface area contributed by atoms with Crippen LogP contribution in [0.15, 0.2) is 48.5 Å². The lowest BCUT2D eigenvalue weighted by molar-refractivity contribution is -0.152. The summed E-state index contributed by atoms with van der Waals surface area (Å²) >= 11 is 5.79. The maximum atomic E-state index is 12.3. The number of carbonyl (C=O) groups excluding carboxylic acids is 1. The fourth-order valence-electron chi connectivity index (χ4n) is 1.78. The highest BCUT2D eigenvalue weighted by Crippen LogP contribution is 2.21. The molecule has 4 N–H and O–H groups in total. The van der Waals surface area contributed by atoms with Gasteiger partial charge in [-0.1, -0.05) is 11.6 Å². The highest BCUT2D eigenvalue weighted by atomic mass is 35.5. The predicted octanol–water partition coefficient (Wildman–Crippen LogP) is 3.15. The molecular weight excluding hydrogens is 334 g/mol. The summed E-state index contributed by atoms with van der Waals surface area (Å²) in [5.41, 5.74) is -0.312. The molecule has 2 rings (SSSR count). The van der Waals surface area contributed by atoms with E-state index in [0.717, 1.165) is 0 Å². The van der Waals surface area contributed by atoms with Crippen molar-refractivity contribution >= 4 is 23.4 Å². The lowest BCUT2D eigenvalue weighted by atomic mass is 10.0. The molecule has 0 aliphatic rings. The molecule has 128 valence electrons. The van der Waals surface area contributed by atoms with E-state index in [1.165, 1.54) is 13.8 Å². The lowest BCUT2D eigenvalue weighted by Crippen LogP contribution is -2.37. The fraction of sp³-hybridized carbons (Fsp3) is 0.176. The van der Waals surface area contributed by atoms with E-state index in [1.807, 2.05) is 0 Å². The molecule has 0 spiro atoms. The highest BCUT2D eigenvalue weighted by Gasteiger charge is 2.29. The van der Waals surface area contributed by atoms with Gasteiger partial charge in [0.05, 0.1) is 0 Å². The van der Waals surface area contributed by atoms with E-state index in [9.17, 15) is 9.59 Å². The summed E-state index contributed by atoms with van der Waals surface area (Å²) in [6.45, 7) is 2.92. The zero-order valence-corrected chi connectivity index (χ0v) is 13.9. The fourth-order valence-corrected chi connectivity index (χ4v) is 1.91. The Labute approximate surface area is 144 Å². The van der Waals surface area contributed by atoms with Gasteiger partial charge < -0.3 is 15.1 Å². The van der Waals surface area contributed by atoms with Crippen LogP contribution in [0.3, 0.4) is 0 Å². The van der Waals surface area contributed by atoms with Gasteiger partial charge in [-0.25, -0.2) is 10.7 Å². The SMILES string of the molecule is CC(C)(Oc1ccc(C(=O)c2ccc(Cl)cc2)cc1)C(=O)O.NO. The first kappa shape index (κ1) is 19.6. The summed E-state index contributed by atoms with van der Waals surface area (Å²) in [6.07, 6.45) is 0. The second-order valence-electron chi connectivity index (χ2n) is 5.28. The summed E-state index contributed by atoms with van der Waals surface area (Å²) in [5, 5.41) is 16.1. The monoisotopic (exact) mass is 351 g/mol. The third-order valence-corrected chi connectivity index (χ3v) is 3.36. The van der Waals surface area contributed by atoms with Crippen molar-refractivity contribution in [1.82, 2.24) is 0 Å². The van der Waals surface area contributed by atoms with Gasteiger partial charge in [0.25, 0.3) is 0 Å². The van der Waals surface area contributed by atoms with Gasteiger partial charge in [-0.3, -0.25) is 4.79 Å². The van der Waals surface area contributed by atoms with E-state index in [-0.39, 0.29) is 5.78 Å². The van der Waals surface area contributed by atoms with Gasteiger partial charge in [0.15, 0.2) is 11.4 Å². The summed E-state index contributed by atoms with van der Waals surface area (Å²) in [5.74, 6) is 2.69. The van der Waals surface area contributed by atoms with Gasteiger partial charge in [0.1, 0.15) is 5.75 Å². The van der Waals surface area contributed by atoms with Crippen LogP contribution in [0.4, 0.5) is 0 Å². The largest absolute Gasteiger partial charge is 0.478 e. The van der Waals surface area contributed by atoms with Crippen molar-refractivity contribution in [3.63, 3.8) is 0 Å². The number of ketones is 1. The van der Waals surface area contributed by atoms with Gasteiger partial charge in [-0.2, -0.15) is 0 Å². The maximum Gasteiger partial charge on any atom is 0.347 e. The number of carboxylic acids is 1. The standard InChI is InChI=1S/C17H15ClO4.H3NO/c1-17(2,16(20)21)22-14-9-5-12(6-10-14)15(19)11-3-7-13(18)8-4-11;1-2/h3-10H,1-2H3,(H,20,21);2H,1H2. The van der Waals surface area contributed by atoms with Gasteiger partial charge in [-0.15, -0.1) is 0 Å². The smallest absolute Gasteiger partial charge is 0.347 e.